The minimum Gasteiger partial charge on any atom is -0.467 e. The van der Waals surface area contributed by atoms with E-state index in [1.165, 1.54) is 18.4 Å². The van der Waals surface area contributed by atoms with E-state index in [9.17, 15) is 14.4 Å². The molecule has 0 fully saturated rings. The van der Waals surface area contributed by atoms with Crippen LogP contribution in [0.2, 0.25) is 0 Å². The van der Waals surface area contributed by atoms with Gasteiger partial charge in [-0.2, -0.15) is 0 Å². The van der Waals surface area contributed by atoms with Crippen LogP contribution >= 0.6 is 11.3 Å². The highest BCUT2D eigenvalue weighted by Crippen LogP contribution is 2.13. The number of methoxy groups -OCH3 is 1. The van der Waals surface area contributed by atoms with E-state index in [4.69, 9.17) is 9.47 Å². The quantitative estimate of drug-likeness (QED) is 0.625. The molecule has 30 heavy (non-hydrogen) atoms. The summed E-state index contributed by atoms with van der Waals surface area (Å²) in [6, 6.07) is 11.3. The Balaban J connectivity index is 2.14. The molecule has 0 radical (unpaired) electrons. The summed E-state index contributed by atoms with van der Waals surface area (Å²) < 4.78 is 10.1. The summed E-state index contributed by atoms with van der Waals surface area (Å²) in [6.45, 7) is 5.23. The second-order valence-corrected chi connectivity index (χ2v) is 8.79. The number of alkyl carbamates (subject to hydrolysis) is 1. The van der Waals surface area contributed by atoms with Crippen molar-refractivity contribution in [3.8, 4) is 0 Å². The van der Waals surface area contributed by atoms with E-state index >= 15 is 0 Å². The first-order valence-electron chi connectivity index (χ1n) is 9.62. The van der Waals surface area contributed by atoms with E-state index in [2.05, 4.69) is 10.6 Å². The van der Waals surface area contributed by atoms with Gasteiger partial charge in [-0.15, -0.1) is 11.3 Å². The number of amides is 2. The van der Waals surface area contributed by atoms with Gasteiger partial charge in [-0.25, -0.2) is 9.59 Å². The first-order chi connectivity index (χ1) is 14.2. The highest BCUT2D eigenvalue weighted by molar-refractivity contribution is 7.09. The van der Waals surface area contributed by atoms with Gasteiger partial charge in [0.1, 0.15) is 17.7 Å². The lowest BCUT2D eigenvalue weighted by Gasteiger charge is -2.24. The molecule has 0 aliphatic carbocycles. The van der Waals surface area contributed by atoms with Crippen molar-refractivity contribution >= 4 is 29.3 Å². The standard InChI is InChI=1S/C22H28N2O5S/c1-22(2,3)29-21(27)24-17(14-16-11-8-12-30-16)19(25)23-18(20(26)28-4)13-15-9-6-5-7-10-15/h5-12,17-18H,13-14H2,1-4H3,(H,23,25)(H,24,27)/t17-,18+/m1/s1. The van der Waals surface area contributed by atoms with Gasteiger partial charge in [0.05, 0.1) is 7.11 Å². The van der Waals surface area contributed by atoms with Crippen molar-refractivity contribution in [2.75, 3.05) is 7.11 Å². The number of benzene rings is 1. The Morgan fingerprint density at radius 2 is 1.67 bits per heavy atom. The number of esters is 1. The van der Waals surface area contributed by atoms with Crippen LogP contribution in [-0.2, 0) is 31.9 Å². The molecule has 0 bridgehead atoms. The second-order valence-electron chi connectivity index (χ2n) is 7.76. The summed E-state index contributed by atoms with van der Waals surface area (Å²) in [6.07, 6.45) is -0.142. The third kappa shape index (κ3) is 7.87. The molecule has 7 nitrogen and oxygen atoms in total. The van der Waals surface area contributed by atoms with Crippen LogP contribution < -0.4 is 10.6 Å². The second kappa shape index (κ2) is 10.8. The van der Waals surface area contributed by atoms with E-state index in [1.54, 1.807) is 20.8 Å². The van der Waals surface area contributed by atoms with Crippen molar-refractivity contribution < 1.29 is 23.9 Å². The molecule has 162 valence electrons. The largest absolute Gasteiger partial charge is 0.467 e. The molecule has 0 saturated carbocycles. The Labute approximate surface area is 180 Å². The number of hydrogen-bond acceptors (Lipinski definition) is 6. The predicted molar refractivity (Wildman–Crippen MR) is 115 cm³/mol. The lowest BCUT2D eigenvalue weighted by molar-refractivity contribution is -0.145. The summed E-state index contributed by atoms with van der Waals surface area (Å²) in [5, 5.41) is 7.23. The molecule has 0 aliphatic heterocycles. The van der Waals surface area contributed by atoms with Crippen LogP contribution in [0.1, 0.15) is 31.2 Å². The lowest BCUT2D eigenvalue weighted by Crippen LogP contribution is -2.53. The van der Waals surface area contributed by atoms with Crippen molar-refractivity contribution in [2.45, 2.75) is 51.3 Å². The number of carbonyl (C=O) groups is 3. The van der Waals surface area contributed by atoms with Gasteiger partial charge in [-0.05, 0) is 37.8 Å². The molecular weight excluding hydrogens is 404 g/mol. The van der Waals surface area contributed by atoms with Crippen LogP contribution in [-0.4, -0.2) is 42.8 Å². The van der Waals surface area contributed by atoms with E-state index in [-0.39, 0.29) is 12.8 Å². The average molecular weight is 433 g/mol. The number of carbonyl (C=O) groups excluding carboxylic acids is 3. The molecule has 0 unspecified atom stereocenters. The SMILES string of the molecule is COC(=O)[C@H](Cc1ccccc1)NC(=O)[C@@H](Cc1cccs1)NC(=O)OC(C)(C)C. The molecular formula is C22H28N2O5S. The van der Waals surface area contributed by atoms with Crippen molar-refractivity contribution in [3.05, 3.63) is 58.3 Å². The first-order valence-corrected chi connectivity index (χ1v) is 10.5. The molecule has 0 spiro atoms. The van der Waals surface area contributed by atoms with E-state index in [1.807, 2.05) is 47.8 Å². The Hall–Kier alpha value is -2.87. The van der Waals surface area contributed by atoms with E-state index < -0.39 is 35.7 Å². The van der Waals surface area contributed by atoms with Gasteiger partial charge < -0.3 is 20.1 Å². The molecule has 2 rings (SSSR count). The van der Waals surface area contributed by atoms with Crippen molar-refractivity contribution in [2.24, 2.45) is 0 Å². The van der Waals surface area contributed by atoms with Gasteiger partial charge >= 0.3 is 12.1 Å². The first kappa shape index (κ1) is 23.4. The Morgan fingerprint density at radius 3 is 2.23 bits per heavy atom. The van der Waals surface area contributed by atoms with Gasteiger partial charge in [0.25, 0.3) is 0 Å². The van der Waals surface area contributed by atoms with Crippen LogP contribution in [0.3, 0.4) is 0 Å². The summed E-state index contributed by atoms with van der Waals surface area (Å²) in [5.41, 5.74) is 0.179. The fraction of sp³-hybridized carbons (Fsp3) is 0.409. The Morgan fingerprint density at radius 1 is 0.967 bits per heavy atom. The molecule has 2 amide bonds. The zero-order valence-corrected chi connectivity index (χ0v) is 18.5. The van der Waals surface area contributed by atoms with Gasteiger partial charge in [-0.3, -0.25) is 4.79 Å². The van der Waals surface area contributed by atoms with Crippen molar-refractivity contribution in [3.63, 3.8) is 0 Å². The zero-order chi connectivity index (χ0) is 22.1. The van der Waals surface area contributed by atoms with Crippen LogP contribution in [0.25, 0.3) is 0 Å². The summed E-state index contributed by atoms with van der Waals surface area (Å²) in [5.74, 6) is -1.04. The van der Waals surface area contributed by atoms with Crippen LogP contribution in [0.5, 0.6) is 0 Å². The minimum absolute atomic E-state index is 0.275. The minimum atomic E-state index is -0.901. The molecule has 0 aliphatic rings. The molecule has 1 aromatic heterocycles. The molecule has 2 aromatic rings. The van der Waals surface area contributed by atoms with Crippen molar-refractivity contribution in [1.82, 2.24) is 10.6 Å². The monoisotopic (exact) mass is 432 g/mol. The van der Waals surface area contributed by atoms with Gasteiger partial charge in [0, 0.05) is 17.7 Å². The highest BCUT2D eigenvalue weighted by atomic mass is 32.1. The molecule has 2 atom stereocenters. The van der Waals surface area contributed by atoms with Crippen LogP contribution in [0.4, 0.5) is 4.79 Å². The number of rotatable bonds is 8. The zero-order valence-electron chi connectivity index (χ0n) is 17.6. The van der Waals surface area contributed by atoms with Crippen molar-refractivity contribution in [1.29, 1.82) is 0 Å². The fourth-order valence-corrected chi connectivity index (χ4v) is 3.50. The Kier molecular flexibility index (Phi) is 8.41. The van der Waals surface area contributed by atoms with Gasteiger partial charge in [0.15, 0.2) is 0 Å². The topological polar surface area (TPSA) is 93.7 Å². The normalized spacial score (nSPS) is 13.1. The maximum Gasteiger partial charge on any atom is 0.408 e. The number of ether oxygens (including phenoxy) is 2. The van der Waals surface area contributed by atoms with E-state index in [0.29, 0.717) is 0 Å². The molecule has 1 aromatic carbocycles. The highest BCUT2D eigenvalue weighted by Gasteiger charge is 2.29. The third-order valence-electron chi connectivity index (χ3n) is 4.08. The van der Waals surface area contributed by atoms with Gasteiger partial charge in [-0.1, -0.05) is 36.4 Å². The van der Waals surface area contributed by atoms with Crippen LogP contribution in [0.15, 0.2) is 47.8 Å². The van der Waals surface area contributed by atoms with Gasteiger partial charge in [0.2, 0.25) is 5.91 Å². The predicted octanol–water partition coefficient (Wildman–Crippen LogP) is 3.08. The smallest absolute Gasteiger partial charge is 0.408 e. The number of nitrogens with one attached hydrogen (secondary N) is 2. The molecule has 8 heteroatoms. The number of hydrogen-bond donors (Lipinski definition) is 2. The van der Waals surface area contributed by atoms with Crippen LogP contribution in [0, 0.1) is 0 Å². The molecule has 2 N–H and O–H groups in total. The van der Waals surface area contributed by atoms with E-state index in [0.717, 1.165) is 10.4 Å². The summed E-state index contributed by atoms with van der Waals surface area (Å²) in [4.78, 5) is 38.4. The number of thiophene rings is 1. The molecule has 1 heterocycles. The maximum atomic E-state index is 13.0. The maximum absolute atomic E-state index is 13.0. The summed E-state index contributed by atoms with van der Waals surface area (Å²) in [7, 11) is 1.27. The fourth-order valence-electron chi connectivity index (χ4n) is 2.75. The lowest BCUT2D eigenvalue weighted by atomic mass is 10.0. The average Bonchev–Trinajstić information content (AvgIpc) is 3.18. The molecule has 0 saturated heterocycles. The third-order valence-corrected chi connectivity index (χ3v) is 4.98. The summed E-state index contributed by atoms with van der Waals surface area (Å²) >= 11 is 1.48. The Bertz CT molecular complexity index is 831.